The van der Waals surface area contributed by atoms with E-state index in [1.807, 2.05) is 26.0 Å². The number of rotatable bonds is 4. The Hall–Kier alpha value is -1.55. The second-order valence-corrected chi connectivity index (χ2v) is 6.00. The predicted molar refractivity (Wildman–Crippen MR) is 82.8 cm³/mol. The van der Waals surface area contributed by atoms with Gasteiger partial charge >= 0.3 is 0 Å². The Labute approximate surface area is 121 Å². The second kappa shape index (κ2) is 6.27. The van der Waals surface area contributed by atoms with Crippen molar-refractivity contribution in [2.24, 2.45) is 11.8 Å². The molecule has 1 aromatic carbocycles. The van der Waals surface area contributed by atoms with E-state index < -0.39 is 0 Å². The molecule has 1 fully saturated rings. The number of amides is 1. The van der Waals surface area contributed by atoms with Gasteiger partial charge in [-0.15, -0.1) is 0 Å². The van der Waals surface area contributed by atoms with Crippen LogP contribution in [-0.4, -0.2) is 45.0 Å². The number of nitrogens with one attached hydrogen (secondary N) is 1. The van der Waals surface area contributed by atoms with Crippen molar-refractivity contribution >= 4 is 11.6 Å². The largest absolute Gasteiger partial charge is 0.378 e. The van der Waals surface area contributed by atoms with Crippen LogP contribution >= 0.6 is 0 Å². The van der Waals surface area contributed by atoms with Crippen LogP contribution in [0.1, 0.15) is 12.5 Å². The quantitative estimate of drug-likeness (QED) is 0.906. The molecule has 4 nitrogen and oxygen atoms in total. The number of hydrogen-bond donors (Lipinski definition) is 1. The molecule has 0 radical (unpaired) electrons. The maximum Gasteiger partial charge on any atom is 0.227 e. The van der Waals surface area contributed by atoms with Crippen LogP contribution in [0.5, 0.6) is 0 Å². The Morgan fingerprint density at radius 2 is 1.85 bits per heavy atom. The molecule has 1 saturated heterocycles. The monoisotopic (exact) mass is 275 g/mol. The number of hydrogen-bond acceptors (Lipinski definition) is 3. The van der Waals surface area contributed by atoms with Crippen LogP contribution in [0.25, 0.3) is 0 Å². The zero-order valence-electron chi connectivity index (χ0n) is 12.9. The molecule has 0 aromatic heterocycles. The van der Waals surface area contributed by atoms with Crippen molar-refractivity contribution in [3.63, 3.8) is 0 Å². The third-order valence-electron chi connectivity index (χ3n) is 4.08. The molecule has 0 saturated carbocycles. The molecule has 4 heteroatoms. The smallest absolute Gasteiger partial charge is 0.227 e. The van der Waals surface area contributed by atoms with Crippen LogP contribution in [0.2, 0.25) is 0 Å². The molecule has 20 heavy (non-hydrogen) atoms. The fourth-order valence-electron chi connectivity index (χ4n) is 2.68. The first-order chi connectivity index (χ1) is 9.49. The first kappa shape index (κ1) is 14.9. The molecule has 1 aliphatic heterocycles. The van der Waals surface area contributed by atoms with Gasteiger partial charge < -0.3 is 15.1 Å². The van der Waals surface area contributed by atoms with Crippen molar-refractivity contribution in [3.05, 3.63) is 29.8 Å². The number of nitrogens with zero attached hydrogens (tertiary/aromatic N) is 2. The highest BCUT2D eigenvalue weighted by Crippen LogP contribution is 2.19. The van der Waals surface area contributed by atoms with E-state index in [-0.39, 0.29) is 11.8 Å². The molecular weight excluding hydrogens is 250 g/mol. The van der Waals surface area contributed by atoms with Crippen molar-refractivity contribution in [3.8, 4) is 0 Å². The topological polar surface area (TPSA) is 35.6 Å². The van der Waals surface area contributed by atoms with E-state index in [2.05, 4.69) is 41.4 Å². The minimum absolute atomic E-state index is 0.126. The molecule has 110 valence electrons. The van der Waals surface area contributed by atoms with E-state index in [0.29, 0.717) is 12.5 Å². The van der Waals surface area contributed by atoms with Crippen LogP contribution < -0.4 is 10.2 Å². The maximum absolute atomic E-state index is 12.4. The molecule has 2 unspecified atom stereocenters. The summed E-state index contributed by atoms with van der Waals surface area (Å²) in [6.45, 7) is 4.57. The SMILES string of the molecule is CC1CNCC1C(=O)N(C)Cc1ccc(N(C)C)cc1. The maximum atomic E-state index is 12.4. The van der Waals surface area contributed by atoms with Crippen LogP contribution in [0.15, 0.2) is 24.3 Å². The molecule has 1 N–H and O–H groups in total. The summed E-state index contributed by atoms with van der Waals surface area (Å²) >= 11 is 0. The standard InChI is InChI=1S/C16H25N3O/c1-12-9-17-10-15(12)16(20)19(4)11-13-5-7-14(8-6-13)18(2)3/h5-8,12,15,17H,9-11H2,1-4H3. The van der Waals surface area contributed by atoms with Crippen molar-refractivity contribution in [1.29, 1.82) is 0 Å². The summed E-state index contributed by atoms with van der Waals surface area (Å²) in [6.07, 6.45) is 0. The summed E-state index contributed by atoms with van der Waals surface area (Å²) in [6, 6.07) is 8.37. The Balaban J connectivity index is 1.96. The van der Waals surface area contributed by atoms with Gasteiger partial charge in [-0.25, -0.2) is 0 Å². The number of benzene rings is 1. The van der Waals surface area contributed by atoms with Crippen molar-refractivity contribution in [2.75, 3.05) is 39.1 Å². The van der Waals surface area contributed by atoms with Gasteiger partial charge in [0.2, 0.25) is 5.91 Å². The fraction of sp³-hybridized carbons (Fsp3) is 0.562. The van der Waals surface area contributed by atoms with Crippen LogP contribution in [0.4, 0.5) is 5.69 Å². The summed E-state index contributed by atoms with van der Waals surface area (Å²) in [5.74, 6) is 0.807. The van der Waals surface area contributed by atoms with E-state index in [0.717, 1.165) is 13.1 Å². The Morgan fingerprint density at radius 1 is 1.20 bits per heavy atom. The molecule has 2 atom stereocenters. The summed E-state index contributed by atoms with van der Waals surface area (Å²) in [4.78, 5) is 16.3. The minimum Gasteiger partial charge on any atom is -0.378 e. The Kier molecular flexibility index (Phi) is 4.65. The van der Waals surface area contributed by atoms with Crippen LogP contribution in [0, 0.1) is 11.8 Å². The van der Waals surface area contributed by atoms with E-state index >= 15 is 0 Å². The third kappa shape index (κ3) is 3.31. The Bertz CT molecular complexity index is 455. The summed E-state index contributed by atoms with van der Waals surface area (Å²) in [5, 5.41) is 3.29. The lowest BCUT2D eigenvalue weighted by molar-refractivity contribution is -0.135. The zero-order chi connectivity index (χ0) is 14.7. The lowest BCUT2D eigenvalue weighted by Crippen LogP contribution is -2.35. The molecule has 1 heterocycles. The predicted octanol–water partition coefficient (Wildman–Crippen LogP) is 1.57. The summed E-state index contributed by atoms with van der Waals surface area (Å²) < 4.78 is 0. The second-order valence-electron chi connectivity index (χ2n) is 6.00. The van der Waals surface area contributed by atoms with Gasteiger partial charge in [0.15, 0.2) is 0 Å². The number of carbonyl (C=O) groups excluding carboxylic acids is 1. The zero-order valence-corrected chi connectivity index (χ0v) is 12.9. The van der Waals surface area contributed by atoms with Gasteiger partial charge in [0.05, 0.1) is 5.92 Å². The molecule has 2 rings (SSSR count). The number of anilines is 1. The minimum atomic E-state index is 0.126. The Morgan fingerprint density at radius 3 is 2.35 bits per heavy atom. The molecule has 1 amide bonds. The number of carbonyl (C=O) groups is 1. The summed E-state index contributed by atoms with van der Waals surface area (Å²) in [7, 11) is 5.95. The van der Waals surface area contributed by atoms with E-state index in [9.17, 15) is 4.79 Å². The van der Waals surface area contributed by atoms with E-state index in [4.69, 9.17) is 0 Å². The van der Waals surface area contributed by atoms with Gasteiger partial charge in [-0.05, 0) is 30.2 Å². The lowest BCUT2D eigenvalue weighted by Gasteiger charge is -2.23. The average molecular weight is 275 g/mol. The first-order valence-corrected chi connectivity index (χ1v) is 7.21. The van der Waals surface area contributed by atoms with Gasteiger partial charge in [0, 0.05) is 39.9 Å². The normalized spacial score (nSPS) is 21.8. The average Bonchev–Trinajstić information content (AvgIpc) is 2.84. The highest BCUT2D eigenvalue weighted by molar-refractivity contribution is 5.79. The molecule has 1 aromatic rings. The molecule has 0 aliphatic carbocycles. The van der Waals surface area contributed by atoms with Gasteiger partial charge in [-0.1, -0.05) is 19.1 Å². The molecule has 1 aliphatic rings. The molecule has 0 bridgehead atoms. The molecular formula is C16H25N3O. The fourth-order valence-corrected chi connectivity index (χ4v) is 2.68. The highest BCUT2D eigenvalue weighted by Gasteiger charge is 2.31. The molecule has 0 spiro atoms. The van der Waals surface area contributed by atoms with E-state index in [1.165, 1.54) is 11.3 Å². The van der Waals surface area contributed by atoms with E-state index in [1.54, 1.807) is 0 Å². The van der Waals surface area contributed by atoms with Gasteiger partial charge in [0.1, 0.15) is 0 Å². The van der Waals surface area contributed by atoms with Crippen molar-refractivity contribution in [1.82, 2.24) is 10.2 Å². The summed E-state index contributed by atoms with van der Waals surface area (Å²) in [5.41, 5.74) is 2.35. The lowest BCUT2D eigenvalue weighted by atomic mass is 9.96. The third-order valence-corrected chi connectivity index (χ3v) is 4.08. The van der Waals surface area contributed by atoms with Crippen LogP contribution in [0.3, 0.4) is 0 Å². The van der Waals surface area contributed by atoms with Crippen LogP contribution in [-0.2, 0) is 11.3 Å². The van der Waals surface area contributed by atoms with Crippen molar-refractivity contribution < 1.29 is 4.79 Å². The van der Waals surface area contributed by atoms with Gasteiger partial charge in [-0.3, -0.25) is 4.79 Å². The van der Waals surface area contributed by atoms with Gasteiger partial charge in [-0.2, -0.15) is 0 Å². The highest BCUT2D eigenvalue weighted by atomic mass is 16.2. The van der Waals surface area contributed by atoms with Gasteiger partial charge in [0.25, 0.3) is 0 Å². The first-order valence-electron chi connectivity index (χ1n) is 7.21. The van der Waals surface area contributed by atoms with Crippen molar-refractivity contribution in [2.45, 2.75) is 13.5 Å².